The van der Waals surface area contributed by atoms with Gasteiger partial charge in [-0.2, -0.15) is 0 Å². The van der Waals surface area contributed by atoms with Crippen LogP contribution in [0.2, 0.25) is 0 Å². The Kier molecular flexibility index (Phi) is 7.24. The van der Waals surface area contributed by atoms with Crippen molar-refractivity contribution in [2.24, 2.45) is 40.4 Å². The monoisotopic (exact) mass is 536 g/mol. The predicted octanol–water partition coefficient (Wildman–Crippen LogP) is 6.16. The molecule has 0 bridgehead atoms. The lowest BCUT2D eigenvalue weighted by Crippen LogP contribution is -2.63. The fourth-order valence-electron chi connectivity index (χ4n) is 9.87. The zero-order valence-electron chi connectivity index (χ0n) is 23.7. The highest BCUT2D eigenvalue weighted by Crippen LogP contribution is 2.68. The van der Waals surface area contributed by atoms with Gasteiger partial charge in [0.2, 0.25) is 0 Å². The third-order valence-corrected chi connectivity index (χ3v) is 11.6. The summed E-state index contributed by atoms with van der Waals surface area (Å²) in [5.41, 5.74) is 0.214. The van der Waals surface area contributed by atoms with E-state index in [-0.39, 0.29) is 70.5 Å². The number of carbonyl (C=O) groups excluding carboxylic acids is 3. The molecule has 0 aromatic heterocycles. The summed E-state index contributed by atoms with van der Waals surface area (Å²) in [6.07, 6.45) is 7.85. The molecule has 4 aliphatic carbocycles. The number of ketones is 2. The minimum Gasteiger partial charge on any atom is -0.458 e. The Bertz CT molecular complexity index is 1090. The van der Waals surface area contributed by atoms with E-state index in [0.717, 1.165) is 58.0 Å². The molecule has 1 heterocycles. The molecule has 1 saturated heterocycles. The molecule has 0 radical (unpaired) electrons. The van der Waals surface area contributed by atoms with Gasteiger partial charge in [-0.25, -0.2) is 4.79 Å². The van der Waals surface area contributed by atoms with Crippen LogP contribution < -0.4 is 0 Å². The number of ether oxygens (including phenoxy) is 3. The molecule has 5 aliphatic rings. The molecule has 1 aromatic rings. The highest BCUT2D eigenvalue weighted by molar-refractivity contribution is 5.89. The summed E-state index contributed by atoms with van der Waals surface area (Å²) in [4.78, 5) is 39.0. The van der Waals surface area contributed by atoms with Crippen molar-refractivity contribution in [1.29, 1.82) is 0 Å². The summed E-state index contributed by atoms with van der Waals surface area (Å²) in [7, 11) is 0. The minimum atomic E-state index is -0.321. The molecule has 8 unspecified atom stereocenters. The van der Waals surface area contributed by atoms with Gasteiger partial charge in [-0.3, -0.25) is 9.59 Å². The van der Waals surface area contributed by atoms with Gasteiger partial charge in [0.05, 0.1) is 11.7 Å². The lowest BCUT2D eigenvalue weighted by Gasteiger charge is -2.63. The van der Waals surface area contributed by atoms with Crippen LogP contribution in [0.3, 0.4) is 0 Å². The molecule has 10 atom stereocenters. The zero-order valence-corrected chi connectivity index (χ0v) is 23.7. The molecular formula is C33H44O6. The van der Waals surface area contributed by atoms with Crippen LogP contribution in [0.5, 0.6) is 0 Å². The molecule has 0 spiro atoms. The van der Waals surface area contributed by atoms with Crippen molar-refractivity contribution in [2.45, 2.75) is 103 Å². The second kappa shape index (κ2) is 10.4. The fourth-order valence-corrected chi connectivity index (χ4v) is 9.87. The van der Waals surface area contributed by atoms with Gasteiger partial charge in [0.25, 0.3) is 0 Å². The van der Waals surface area contributed by atoms with Crippen LogP contribution in [-0.2, 0) is 23.8 Å². The van der Waals surface area contributed by atoms with E-state index in [2.05, 4.69) is 13.8 Å². The topological polar surface area (TPSA) is 78.9 Å². The Labute approximate surface area is 232 Å². The molecule has 212 valence electrons. The summed E-state index contributed by atoms with van der Waals surface area (Å²) in [6, 6.07) is 9.18. The van der Waals surface area contributed by atoms with E-state index in [1.807, 2.05) is 18.2 Å². The maximum absolute atomic E-state index is 13.3. The van der Waals surface area contributed by atoms with Crippen LogP contribution in [0.1, 0.15) is 95.3 Å². The maximum Gasteiger partial charge on any atom is 0.338 e. The number of benzene rings is 1. The second-order valence-electron chi connectivity index (χ2n) is 13.6. The number of hydrogen-bond acceptors (Lipinski definition) is 6. The molecule has 6 heteroatoms. The second-order valence-corrected chi connectivity index (χ2v) is 13.6. The maximum atomic E-state index is 13.3. The molecular weight excluding hydrogens is 492 g/mol. The molecule has 6 rings (SSSR count). The Morgan fingerprint density at radius 3 is 2.49 bits per heavy atom. The standard InChI is InChI=1S/C33H44O6/c1-20(34)24-12-13-25-23-18-27(39-31(36)21-9-5-4-6-10-21)26-17-22(35)14-15-32(26,2)30(23)28(19-33(24,25)3)38-29-11-7-8-16-37-29/h4-6,9-10,23-30H,7-8,11-19H2,1-3H3/t23?,24?,25?,26-,27+,28?,29?,30?,32?,33?/m0/s1. The highest BCUT2D eigenvalue weighted by atomic mass is 16.7. The first-order valence-electron chi connectivity index (χ1n) is 15.3. The van der Waals surface area contributed by atoms with Crippen molar-refractivity contribution in [3.63, 3.8) is 0 Å². The predicted molar refractivity (Wildman–Crippen MR) is 146 cm³/mol. The van der Waals surface area contributed by atoms with Crippen LogP contribution >= 0.6 is 0 Å². The molecule has 39 heavy (non-hydrogen) atoms. The highest BCUT2D eigenvalue weighted by Gasteiger charge is 2.66. The Balaban J connectivity index is 1.38. The van der Waals surface area contributed by atoms with E-state index in [9.17, 15) is 14.4 Å². The van der Waals surface area contributed by atoms with Crippen molar-refractivity contribution in [3.8, 4) is 0 Å². The number of fused-ring (bicyclic) bond motifs is 5. The minimum absolute atomic E-state index is 0.0274. The number of rotatable bonds is 5. The van der Waals surface area contributed by atoms with Crippen molar-refractivity contribution in [3.05, 3.63) is 35.9 Å². The Morgan fingerprint density at radius 1 is 0.974 bits per heavy atom. The summed E-state index contributed by atoms with van der Waals surface area (Å²) in [5.74, 6) is 1.13. The molecule has 0 amide bonds. The van der Waals surface area contributed by atoms with E-state index >= 15 is 0 Å². The Hall–Kier alpha value is -2.05. The van der Waals surface area contributed by atoms with Gasteiger partial charge in [-0.1, -0.05) is 32.0 Å². The van der Waals surface area contributed by atoms with Crippen molar-refractivity contribution >= 4 is 17.5 Å². The van der Waals surface area contributed by atoms with Crippen LogP contribution in [-0.4, -0.2) is 42.6 Å². The van der Waals surface area contributed by atoms with Crippen LogP contribution in [0, 0.1) is 40.4 Å². The lowest BCUT2D eigenvalue weighted by molar-refractivity contribution is -0.261. The van der Waals surface area contributed by atoms with Crippen molar-refractivity contribution in [2.75, 3.05) is 6.61 Å². The van der Waals surface area contributed by atoms with E-state index < -0.39 is 0 Å². The first-order chi connectivity index (χ1) is 18.7. The fraction of sp³-hybridized carbons (Fsp3) is 0.727. The molecule has 5 fully saturated rings. The summed E-state index contributed by atoms with van der Waals surface area (Å²) >= 11 is 0. The van der Waals surface area contributed by atoms with Gasteiger partial charge in [0, 0.05) is 31.3 Å². The SMILES string of the molecule is CC(=O)C1CCC2C3C[C@@H](OC(=O)c4ccccc4)[C@@H]4CC(=O)CCC4(C)C3C(OC3CCCCO3)CC12C. The normalized spacial score (nSPS) is 43.6. The first kappa shape index (κ1) is 27.1. The molecule has 0 N–H and O–H groups in total. The smallest absolute Gasteiger partial charge is 0.338 e. The van der Waals surface area contributed by atoms with E-state index in [1.54, 1.807) is 19.1 Å². The zero-order chi connectivity index (χ0) is 27.4. The number of hydrogen-bond donors (Lipinski definition) is 0. The average molecular weight is 537 g/mol. The van der Waals surface area contributed by atoms with E-state index in [1.165, 1.54) is 0 Å². The van der Waals surface area contributed by atoms with Crippen molar-refractivity contribution < 1.29 is 28.6 Å². The number of Topliss-reactive ketones (excluding diaryl/α,β-unsaturated/α-hetero) is 2. The average Bonchev–Trinajstić information content (AvgIpc) is 3.27. The number of esters is 1. The van der Waals surface area contributed by atoms with Gasteiger partial charge in [-0.05, 0) is 99.0 Å². The van der Waals surface area contributed by atoms with Crippen molar-refractivity contribution in [1.82, 2.24) is 0 Å². The summed E-state index contributed by atoms with van der Waals surface area (Å²) in [6.45, 7) is 7.13. The molecule has 1 aromatic carbocycles. The number of carbonyl (C=O) groups is 3. The summed E-state index contributed by atoms with van der Waals surface area (Å²) < 4.78 is 19.3. The van der Waals surface area contributed by atoms with Crippen LogP contribution in [0.4, 0.5) is 0 Å². The van der Waals surface area contributed by atoms with Crippen LogP contribution in [0.25, 0.3) is 0 Å². The van der Waals surface area contributed by atoms with E-state index in [0.29, 0.717) is 24.3 Å². The third-order valence-electron chi connectivity index (χ3n) is 11.6. The van der Waals surface area contributed by atoms with Gasteiger partial charge >= 0.3 is 5.97 Å². The molecule has 1 aliphatic heterocycles. The quantitative estimate of drug-likeness (QED) is 0.420. The van der Waals surface area contributed by atoms with Gasteiger partial charge in [-0.15, -0.1) is 0 Å². The van der Waals surface area contributed by atoms with E-state index in [4.69, 9.17) is 14.2 Å². The Morgan fingerprint density at radius 2 is 1.77 bits per heavy atom. The van der Waals surface area contributed by atoms with Gasteiger partial charge in [0.15, 0.2) is 6.29 Å². The molecule has 6 nitrogen and oxygen atoms in total. The molecule has 4 saturated carbocycles. The lowest BCUT2D eigenvalue weighted by atomic mass is 9.43. The third kappa shape index (κ3) is 4.69. The summed E-state index contributed by atoms with van der Waals surface area (Å²) in [5, 5.41) is 0. The van der Waals surface area contributed by atoms with Crippen LogP contribution in [0.15, 0.2) is 30.3 Å². The first-order valence-corrected chi connectivity index (χ1v) is 15.3. The largest absolute Gasteiger partial charge is 0.458 e. The van der Waals surface area contributed by atoms with Gasteiger partial charge < -0.3 is 14.2 Å². The van der Waals surface area contributed by atoms with Gasteiger partial charge in [0.1, 0.15) is 17.7 Å².